The van der Waals surface area contributed by atoms with Crippen LogP contribution in [0.3, 0.4) is 0 Å². The highest BCUT2D eigenvalue weighted by molar-refractivity contribution is 6.06. The molecular formula is C29H37FN4O2. The molecule has 7 heteroatoms. The maximum Gasteiger partial charge on any atom is 0.273 e. The zero-order chi connectivity index (χ0) is 25.9. The number of carbonyl (C=O) groups excluding carboxylic acids is 2. The third-order valence-electron chi connectivity index (χ3n) is 7.15. The Morgan fingerprint density at radius 3 is 2.39 bits per heavy atom. The number of para-hydroxylation sites is 1. The molecule has 2 N–H and O–H groups in total. The maximum absolute atomic E-state index is 14.9. The SMILES string of the molecule is C[C@@H](NC(=O)C(NC(=O)c1nn(CC2CCCCC2)c2c(F)cccc12)C(C)(C)C)c1ccccc1. The first kappa shape index (κ1) is 25.9. The van der Waals surface area contributed by atoms with Crippen molar-refractivity contribution in [3.63, 3.8) is 0 Å². The number of benzene rings is 2. The summed E-state index contributed by atoms with van der Waals surface area (Å²) < 4.78 is 16.6. The van der Waals surface area contributed by atoms with Crippen molar-refractivity contribution in [1.82, 2.24) is 20.4 Å². The molecule has 1 aliphatic rings. The minimum absolute atomic E-state index is 0.151. The van der Waals surface area contributed by atoms with E-state index in [4.69, 9.17) is 0 Å². The van der Waals surface area contributed by atoms with Gasteiger partial charge in [0.1, 0.15) is 17.4 Å². The van der Waals surface area contributed by atoms with Crippen molar-refractivity contribution in [3.8, 4) is 0 Å². The minimum atomic E-state index is -0.803. The standard InChI is InChI=1S/C29H37FN4O2/c1-19(21-14-9-6-10-15-21)31-28(36)26(29(2,3)4)32-27(35)24-22-16-11-17-23(30)25(22)34(33-24)18-20-12-7-5-8-13-20/h6,9-11,14-17,19-20,26H,5,7-8,12-13,18H2,1-4H3,(H,31,36)(H,32,35)/t19-,26?/m1/s1. The second kappa shape index (κ2) is 10.8. The van der Waals surface area contributed by atoms with Crippen LogP contribution >= 0.6 is 0 Å². The first-order chi connectivity index (χ1) is 17.1. The largest absolute Gasteiger partial charge is 0.348 e. The van der Waals surface area contributed by atoms with Crippen LogP contribution in [0.15, 0.2) is 48.5 Å². The summed E-state index contributed by atoms with van der Waals surface area (Å²) in [7, 11) is 0. The smallest absolute Gasteiger partial charge is 0.273 e. The number of aromatic nitrogens is 2. The van der Waals surface area contributed by atoms with Crippen molar-refractivity contribution in [2.75, 3.05) is 0 Å². The van der Waals surface area contributed by atoms with Crippen LogP contribution in [0.1, 0.15) is 81.9 Å². The predicted molar refractivity (Wildman–Crippen MR) is 140 cm³/mol. The van der Waals surface area contributed by atoms with Gasteiger partial charge in [-0.2, -0.15) is 5.10 Å². The number of nitrogens with one attached hydrogen (secondary N) is 2. The fraction of sp³-hybridized carbons (Fsp3) is 0.483. The lowest BCUT2D eigenvalue weighted by Gasteiger charge is -2.31. The predicted octanol–water partition coefficient (Wildman–Crippen LogP) is 5.78. The molecule has 0 bridgehead atoms. The van der Waals surface area contributed by atoms with Gasteiger partial charge in [-0.1, -0.05) is 82.5 Å². The Bertz CT molecular complexity index is 1210. The first-order valence-electron chi connectivity index (χ1n) is 13.0. The van der Waals surface area contributed by atoms with Crippen molar-refractivity contribution in [2.24, 2.45) is 11.3 Å². The summed E-state index contributed by atoms with van der Waals surface area (Å²) in [6, 6.07) is 13.4. The van der Waals surface area contributed by atoms with Gasteiger partial charge in [0.2, 0.25) is 5.91 Å². The van der Waals surface area contributed by atoms with E-state index in [9.17, 15) is 14.0 Å². The lowest BCUT2D eigenvalue weighted by Crippen LogP contribution is -2.54. The summed E-state index contributed by atoms with van der Waals surface area (Å²) in [4.78, 5) is 26.8. The molecule has 192 valence electrons. The van der Waals surface area contributed by atoms with Crippen molar-refractivity contribution < 1.29 is 14.0 Å². The Hall–Kier alpha value is -3.22. The summed E-state index contributed by atoms with van der Waals surface area (Å²) in [6.07, 6.45) is 5.75. The molecule has 1 fully saturated rings. The number of carbonyl (C=O) groups is 2. The van der Waals surface area contributed by atoms with Crippen molar-refractivity contribution in [3.05, 3.63) is 65.6 Å². The second-order valence-electron chi connectivity index (χ2n) is 11.1. The Kier molecular flexibility index (Phi) is 7.76. The fourth-order valence-electron chi connectivity index (χ4n) is 5.10. The van der Waals surface area contributed by atoms with Crippen LogP contribution in [0.4, 0.5) is 4.39 Å². The Labute approximate surface area is 212 Å². The van der Waals surface area contributed by atoms with Crippen LogP contribution in [0, 0.1) is 17.2 Å². The van der Waals surface area contributed by atoms with Gasteiger partial charge in [0.25, 0.3) is 5.91 Å². The molecule has 3 aromatic rings. The number of rotatable bonds is 7. The molecule has 1 aliphatic carbocycles. The van der Waals surface area contributed by atoms with Crippen LogP contribution < -0.4 is 10.6 Å². The van der Waals surface area contributed by atoms with Crippen LogP contribution in [0.25, 0.3) is 10.9 Å². The number of amides is 2. The first-order valence-corrected chi connectivity index (χ1v) is 13.0. The van der Waals surface area contributed by atoms with Crippen molar-refractivity contribution >= 4 is 22.7 Å². The van der Waals surface area contributed by atoms with E-state index in [-0.39, 0.29) is 17.6 Å². The molecule has 2 atom stereocenters. The van der Waals surface area contributed by atoms with Gasteiger partial charge < -0.3 is 10.6 Å². The van der Waals surface area contributed by atoms with Gasteiger partial charge in [0.05, 0.1) is 6.04 Å². The van der Waals surface area contributed by atoms with E-state index >= 15 is 0 Å². The number of hydrogen-bond donors (Lipinski definition) is 2. The van der Waals surface area contributed by atoms with Crippen LogP contribution in [-0.2, 0) is 11.3 Å². The highest BCUT2D eigenvalue weighted by atomic mass is 19.1. The van der Waals surface area contributed by atoms with Gasteiger partial charge in [0.15, 0.2) is 5.69 Å². The van der Waals surface area contributed by atoms with Crippen LogP contribution in [0.2, 0.25) is 0 Å². The van der Waals surface area contributed by atoms with Crippen molar-refractivity contribution in [2.45, 2.75) is 78.4 Å². The number of fused-ring (bicyclic) bond motifs is 1. The molecule has 2 amide bonds. The molecular weight excluding hydrogens is 455 g/mol. The Morgan fingerprint density at radius 2 is 1.72 bits per heavy atom. The van der Waals surface area contributed by atoms with Gasteiger partial charge in [-0.05, 0) is 42.7 Å². The molecule has 0 radical (unpaired) electrons. The van der Waals surface area contributed by atoms with Gasteiger partial charge in [-0.25, -0.2) is 4.39 Å². The van der Waals surface area contributed by atoms with E-state index in [1.165, 1.54) is 25.3 Å². The summed E-state index contributed by atoms with van der Waals surface area (Å²) in [5, 5.41) is 11.0. The third kappa shape index (κ3) is 5.77. The molecule has 36 heavy (non-hydrogen) atoms. The topological polar surface area (TPSA) is 76.0 Å². The molecule has 2 aromatic carbocycles. The zero-order valence-corrected chi connectivity index (χ0v) is 21.7. The molecule has 6 nitrogen and oxygen atoms in total. The number of nitrogens with zero attached hydrogens (tertiary/aromatic N) is 2. The molecule has 1 heterocycles. The molecule has 4 rings (SSSR count). The van der Waals surface area contributed by atoms with Crippen LogP contribution in [-0.4, -0.2) is 27.6 Å². The Morgan fingerprint density at radius 1 is 1.03 bits per heavy atom. The van der Waals surface area contributed by atoms with E-state index in [1.807, 2.05) is 58.0 Å². The maximum atomic E-state index is 14.9. The average Bonchev–Trinajstić information content (AvgIpc) is 3.22. The molecule has 0 aliphatic heterocycles. The zero-order valence-electron chi connectivity index (χ0n) is 21.7. The van der Waals surface area contributed by atoms with E-state index in [0.717, 1.165) is 18.4 Å². The van der Waals surface area contributed by atoms with Gasteiger partial charge >= 0.3 is 0 Å². The van der Waals surface area contributed by atoms with E-state index in [1.54, 1.807) is 16.8 Å². The summed E-state index contributed by atoms with van der Waals surface area (Å²) in [5.41, 5.74) is 0.927. The highest BCUT2D eigenvalue weighted by Gasteiger charge is 2.35. The third-order valence-corrected chi connectivity index (χ3v) is 7.15. The van der Waals surface area contributed by atoms with E-state index in [0.29, 0.717) is 23.4 Å². The average molecular weight is 493 g/mol. The van der Waals surface area contributed by atoms with Crippen molar-refractivity contribution in [1.29, 1.82) is 0 Å². The Balaban J connectivity index is 1.58. The lowest BCUT2D eigenvalue weighted by atomic mass is 9.85. The van der Waals surface area contributed by atoms with Gasteiger partial charge in [0, 0.05) is 11.9 Å². The monoisotopic (exact) mass is 492 g/mol. The number of hydrogen-bond acceptors (Lipinski definition) is 3. The van der Waals surface area contributed by atoms with E-state index in [2.05, 4.69) is 15.7 Å². The molecule has 0 saturated heterocycles. The molecule has 1 unspecified atom stereocenters. The fourth-order valence-corrected chi connectivity index (χ4v) is 5.10. The number of halogens is 1. The quantitative estimate of drug-likeness (QED) is 0.439. The highest BCUT2D eigenvalue weighted by Crippen LogP contribution is 2.29. The minimum Gasteiger partial charge on any atom is -0.348 e. The van der Waals surface area contributed by atoms with Gasteiger partial charge in [-0.15, -0.1) is 0 Å². The van der Waals surface area contributed by atoms with E-state index < -0.39 is 23.2 Å². The second-order valence-corrected chi connectivity index (χ2v) is 11.1. The molecule has 1 saturated carbocycles. The summed E-state index contributed by atoms with van der Waals surface area (Å²) in [6.45, 7) is 8.22. The molecule has 1 aromatic heterocycles. The lowest BCUT2D eigenvalue weighted by molar-refractivity contribution is -0.126. The van der Waals surface area contributed by atoms with Gasteiger partial charge in [-0.3, -0.25) is 14.3 Å². The molecule has 0 spiro atoms. The normalized spacial score (nSPS) is 16.5. The summed E-state index contributed by atoms with van der Waals surface area (Å²) in [5.74, 6) is -0.721. The summed E-state index contributed by atoms with van der Waals surface area (Å²) >= 11 is 0. The van der Waals surface area contributed by atoms with Crippen LogP contribution in [0.5, 0.6) is 0 Å².